The molecule has 2 heterocycles. The molecule has 3 aromatic rings. The first kappa shape index (κ1) is 11.5. The molecule has 0 radical (unpaired) electrons. The van der Waals surface area contributed by atoms with Crippen molar-refractivity contribution < 1.29 is 13.9 Å². The number of benzene rings is 1. The summed E-state index contributed by atoms with van der Waals surface area (Å²) in [7, 11) is 3.18. The standard InChI is InChI=1S/C14H12N2O3/c1-17-10-6-3-5-9(12(10)18-2)14-16-13-11(19-14)7-4-8-15-13/h3-8H,1-2H3. The van der Waals surface area contributed by atoms with Crippen LogP contribution in [0.25, 0.3) is 22.7 Å². The van der Waals surface area contributed by atoms with E-state index in [-0.39, 0.29) is 0 Å². The molecule has 5 nitrogen and oxygen atoms in total. The van der Waals surface area contributed by atoms with E-state index < -0.39 is 0 Å². The van der Waals surface area contributed by atoms with Crippen LogP contribution in [0.2, 0.25) is 0 Å². The Bertz CT molecular complexity index is 689. The Hall–Kier alpha value is -2.56. The summed E-state index contributed by atoms with van der Waals surface area (Å²) in [4.78, 5) is 8.50. The van der Waals surface area contributed by atoms with Gasteiger partial charge in [0.2, 0.25) is 5.89 Å². The minimum atomic E-state index is 0.462. The second-order valence-electron chi connectivity index (χ2n) is 3.89. The number of hydrogen-bond acceptors (Lipinski definition) is 5. The zero-order valence-corrected chi connectivity index (χ0v) is 10.6. The SMILES string of the molecule is COc1cccc(-c2nc3ncccc3o2)c1OC. The molecule has 0 aliphatic rings. The van der Waals surface area contributed by atoms with Gasteiger partial charge in [0, 0.05) is 6.20 Å². The van der Waals surface area contributed by atoms with E-state index in [1.54, 1.807) is 26.5 Å². The number of hydrogen-bond donors (Lipinski definition) is 0. The molecule has 3 rings (SSSR count). The Morgan fingerprint density at radius 1 is 1.05 bits per heavy atom. The molecule has 1 aromatic carbocycles. The van der Waals surface area contributed by atoms with E-state index in [2.05, 4.69) is 9.97 Å². The molecule has 19 heavy (non-hydrogen) atoms. The predicted octanol–water partition coefficient (Wildman–Crippen LogP) is 2.91. The summed E-state index contributed by atoms with van der Waals surface area (Å²) < 4.78 is 16.3. The van der Waals surface area contributed by atoms with Crippen LogP contribution in [-0.2, 0) is 0 Å². The van der Waals surface area contributed by atoms with E-state index in [1.807, 2.05) is 24.3 Å². The van der Waals surface area contributed by atoms with Crippen molar-refractivity contribution >= 4 is 11.2 Å². The Labute approximate surface area is 109 Å². The zero-order chi connectivity index (χ0) is 13.2. The highest BCUT2D eigenvalue weighted by Gasteiger charge is 2.16. The minimum absolute atomic E-state index is 0.462. The highest BCUT2D eigenvalue weighted by Crippen LogP contribution is 2.38. The van der Waals surface area contributed by atoms with Gasteiger partial charge < -0.3 is 13.9 Å². The summed E-state index contributed by atoms with van der Waals surface area (Å²) in [5.41, 5.74) is 1.95. The maximum Gasteiger partial charge on any atom is 0.232 e. The fraction of sp³-hybridized carbons (Fsp3) is 0.143. The van der Waals surface area contributed by atoms with Crippen molar-refractivity contribution in [3.8, 4) is 23.0 Å². The monoisotopic (exact) mass is 256 g/mol. The largest absolute Gasteiger partial charge is 0.493 e. The van der Waals surface area contributed by atoms with E-state index in [1.165, 1.54) is 0 Å². The number of aromatic nitrogens is 2. The average molecular weight is 256 g/mol. The highest BCUT2D eigenvalue weighted by atomic mass is 16.5. The van der Waals surface area contributed by atoms with Crippen molar-refractivity contribution in [1.82, 2.24) is 9.97 Å². The number of para-hydroxylation sites is 1. The average Bonchev–Trinajstić information content (AvgIpc) is 2.89. The van der Waals surface area contributed by atoms with Crippen molar-refractivity contribution in [2.45, 2.75) is 0 Å². The Kier molecular flexibility index (Phi) is 2.79. The third-order valence-corrected chi connectivity index (χ3v) is 2.80. The molecule has 0 N–H and O–H groups in total. The molecule has 0 saturated carbocycles. The fourth-order valence-electron chi connectivity index (χ4n) is 1.94. The minimum Gasteiger partial charge on any atom is -0.493 e. The van der Waals surface area contributed by atoms with Crippen molar-refractivity contribution in [2.75, 3.05) is 14.2 Å². The lowest BCUT2D eigenvalue weighted by molar-refractivity contribution is 0.355. The summed E-state index contributed by atoms with van der Waals surface area (Å²) in [5, 5.41) is 0. The number of ether oxygens (including phenoxy) is 2. The second kappa shape index (κ2) is 4.61. The van der Waals surface area contributed by atoms with Crippen LogP contribution in [0.3, 0.4) is 0 Å². The van der Waals surface area contributed by atoms with Crippen LogP contribution in [0.4, 0.5) is 0 Å². The Morgan fingerprint density at radius 3 is 2.68 bits per heavy atom. The highest BCUT2D eigenvalue weighted by molar-refractivity contribution is 5.75. The van der Waals surface area contributed by atoms with E-state index in [9.17, 15) is 0 Å². The third-order valence-electron chi connectivity index (χ3n) is 2.80. The van der Waals surface area contributed by atoms with Crippen molar-refractivity contribution in [3.63, 3.8) is 0 Å². The summed E-state index contributed by atoms with van der Waals surface area (Å²) >= 11 is 0. The molecule has 5 heteroatoms. The van der Waals surface area contributed by atoms with Crippen molar-refractivity contribution in [2.24, 2.45) is 0 Å². The van der Waals surface area contributed by atoms with Gasteiger partial charge in [-0.15, -0.1) is 0 Å². The van der Waals surface area contributed by atoms with Gasteiger partial charge in [-0.2, -0.15) is 4.98 Å². The van der Waals surface area contributed by atoms with Gasteiger partial charge in [0.25, 0.3) is 0 Å². The third kappa shape index (κ3) is 1.89. The quantitative estimate of drug-likeness (QED) is 0.721. The molecule has 0 amide bonds. The molecule has 0 spiro atoms. The number of fused-ring (bicyclic) bond motifs is 1. The molecule has 0 aliphatic heterocycles. The van der Waals surface area contributed by atoms with Crippen LogP contribution in [0, 0.1) is 0 Å². The number of rotatable bonds is 3. The van der Waals surface area contributed by atoms with Gasteiger partial charge in [-0.3, -0.25) is 0 Å². The predicted molar refractivity (Wildman–Crippen MR) is 70.3 cm³/mol. The van der Waals surface area contributed by atoms with E-state index in [0.29, 0.717) is 28.6 Å². The van der Waals surface area contributed by atoms with Gasteiger partial charge in [0.1, 0.15) is 0 Å². The summed E-state index contributed by atoms with van der Waals surface area (Å²) in [6.07, 6.45) is 1.68. The summed E-state index contributed by atoms with van der Waals surface area (Å²) in [5.74, 6) is 1.69. The van der Waals surface area contributed by atoms with Gasteiger partial charge in [-0.25, -0.2) is 4.98 Å². The lowest BCUT2D eigenvalue weighted by Crippen LogP contribution is -1.93. The number of oxazole rings is 1. The van der Waals surface area contributed by atoms with E-state index >= 15 is 0 Å². The molecular weight excluding hydrogens is 244 g/mol. The molecule has 0 unspecified atom stereocenters. The van der Waals surface area contributed by atoms with Gasteiger partial charge in [-0.05, 0) is 24.3 Å². The Balaban J connectivity index is 2.20. The fourth-order valence-corrected chi connectivity index (χ4v) is 1.94. The molecular formula is C14H12N2O3. The van der Waals surface area contributed by atoms with E-state index in [0.717, 1.165) is 5.56 Å². The topological polar surface area (TPSA) is 57.4 Å². The molecule has 96 valence electrons. The molecule has 0 bridgehead atoms. The molecule has 0 fully saturated rings. The number of methoxy groups -OCH3 is 2. The lowest BCUT2D eigenvalue weighted by Gasteiger charge is -2.09. The van der Waals surface area contributed by atoms with Gasteiger partial charge >= 0.3 is 0 Å². The summed E-state index contributed by atoms with van der Waals surface area (Å²) in [6, 6.07) is 9.18. The van der Waals surface area contributed by atoms with Crippen LogP contribution in [0.1, 0.15) is 0 Å². The lowest BCUT2D eigenvalue weighted by atomic mass is 10.2. The molecule has 2 aromatic heterocycles. The van der Waals surface area contributed by atoms with Crippen LogP contribution in [-0.4, -0.2) is 24.2 Å². The van der Waals surface area contributed by atoms with Gasteiger partial charge in [-0.1, -0.05) is 6.07 Å². The Morgan fingerprint density at radius 2 is 1.95 bits per heavy atom. The normalized spacial score (nSPS) is 10.6. The first-order valence-electron chi connectivity index (χ1n) is 5.76. The van der Waals surface area contributed by atoms with Crippen LogP contribution in [0.5, 0.6) is 11.5 Å². The van der Waals surface area contributed by atoms with Gasteiger partial charge in [0.05, 0.1) is 19.8 Å². The van der Waals surface area contributed by atoms with Crippen molar-refractivity contribution in [1.29, 1.82) is 0 Å². The van der Waals surface area contributed by atoms with Crippen molar-refractivity contribution in [3.05, 3.63) is 36.5 Å². The molecule has 0 saturated heterocycles. The molecule has 0 atom stereocenters. The van der Waals surface area contributed by atoms with Crippen LogP contribution >= 0.6 is 0 Å². The second-order valence-corrected chi connectivity index (χ2v) is 3.89. The van der Waals surface area contributed by atoms with Crippen LogP contribution in [0.15, 0.2) is 40.9 Å². The first-order chi connectivity index (χ1) is 9.33. The first-order valence-corrected chi connectivity index (χ1v) is 5.76. The maximum atomic E-state index is 5.69. The van der Waals surface area contributed by atoms with Gasteiger partial charge in [0.15, 0.2) is 22.7 Å². The number of nitrogens with zero attached hydrogens (tertiary/aromatic N) is 2. The zero-order valence-electron chi connectivity index (χ0n) is 10.6. The summed E-state index contributed by atoms with van der Waals surface area (Å²) in [6.45, 7) is 0. The number of pyridine rings is 1. The molecule has 0 aliphatic carbocycles. The smallest absolute Gasteiger partial charge is 0.232 e. The van der Waals surface area contributed by atoms with Crippen LogP contribution < -0.4 is 9.47 Å². The maximum absolute atomic E-state index is 5.69. The van der Waals surface area contributed by atoms with E-state index in [4.69, 9.17) is 13.9 Å².